The van der Waals surface area contributed by atoms with Crippen LogP contribution in [0, 0.1) is 0 Å². The topological polar surface area (TPSA) is 132 Å². The van der Waals surface area contributed by atoms with E-state index in [9.17, 15) is 0 Å². The van der Waals surface area contributed by atoms with Crippen molar-refractivity contribution in [3.8, 4) is 0 Å². The van der Waals surface area contributed by atoms with Crippen LogP contribution in [-0.4, -0.2) is 24.7 Å². The van der Waals surface area contributed by atoms with Crippen LogP contribution in [0.4, 0.5) is 4.79 Å². The molecule has 0 aromatic heterocycles. The summed E-state index contributed by atoms with van der Waals surface area (Å²) in [4.78, 5) is 8.56. The Morgan fingerprint density at radius 3 is 1.11 bits per heavy atom. The summed E-state index contributed by atoms with van der Waals surface area (Å²) in [6, 6.07) is 0. The normalized spacial score (nSPS) is 9.11. The van der Waals surface area contributed by atoms with Crippen molar-refractivity contribution in [1.82, 2.24) is 0 Å². The molecule has 0 spiro atoms. The zero-order valence-corrected chi connectivity index (χ0v) is 5.20. The monoisotopic (exact) mass is 180 g/mol. The molecule has 0 aromatic carbocycles. The molecule has 0 unspecified atom stereocenters. The molecule has 8 heteroatoms. The van der Waals surface area contributed by atoms with Gasteiger partial charge >= 0.3 is 35.7 Å². The van der Waals surface area contributed by atoms with Crippen LogP contribution in [0.25, 0.3) is 0 Å². The number of carbonyl (C=O) groups is 1. The third-order valence-corrected chi connectivity index (χ3v) is 0. The first kappa shape index (κ1) is 11.2. The Morgan fingerprint density at radius 2 is 1.11 bits per heavy atom. The van der Waals surface area contributed by atoms with Crippen molar-refractivity contribution in [1.29, 1.82) is 0 Å². The fraction of sp³-hybridized carbons (Fsp3) is 0. The first-order chi connectivity index (χ1) is 3.73. The van der Waals surface area contributed by atoms with E-state index < -0.39 is 19.8 Å². The van der Waals surface area contributed by atoms with Crippen molar-refractivity contribution >= 4 is 6.16 Å². The molecule has 4 N–H and O–H groups in total. The zero-order chi connectivity index (χ0) is 8.08. The molecule has 0 saturated carbocycles. The predicted molar refractivity (Wildman–Crippen MR) is 16.5 cm³/mol. The average Bonchev–Trinajstić information content (AvgIpc) is 1.19. The van der Waals surface area contributed by atoms with Gasteiger partial charge in [-0.1, -0.05) is 0 Å². The quantitative estimate of drug-likeness (QED) is 0.370. The van der Waals surface area contributed by atoms with Crippen molar-refractivity contribution in [3.63, 3.8) is 0 Å². The molecule has 0 aliphatic heterocycles. The van der Waals surface area contributed by atoms with Gasteiger partial charge in [-0.25, -0.2) is 4.79 Å². The second-order valence-corrected chi connectivity index (χ2v) is 2.13. The summed E-state index contributed by atoms with van der Waals surface area (Å²) in [5, 5.41) is 13.9. The van der Waals surface area contributed by atoms with Crippen molar-refractivity contribution in [2.24, 2.45) is 0 Å². The van der Waals surface area contributed by atoms with E-state index in [4.69, 9.17) is 30.9 Å². The molecule has 0 aromatic rings. The van der Waals surface area contributed by atoms with Gasteiger partial charge in [-0.15, -0.1) is 0 Å². The molecule has 0 saturated heterocycles. The van der Waals surface area contributed by atoms with E-state index in [1.807, 2.05) is 0 Å². The van der Waals surface area contributed by atoms with E-state index in [2.05, 4.69) is 0 Å². The van der Waals surface area contributed by atoms with Crippen LogP contribution in [0.3, 0.4) is 0 Å². The summed E-state index contributed by atoms with van der Waals surface area (Å²) >= 11 is -5.25. The Labute approximate surface area is 51.6 Å². The zero-order valence-electron chi connectivity index (χ0n) is 3.92. The second kappa shape index (κ2) is 4.23. The number of carboxylic acid groups (broad SMARTS) is 2. The predicted octanol–water partition coefficient (Wildman–Crippen LogP) is -1.13. The summed E-state index contributed by atoms with van der Waals surface area (Å²) in [7, 11) is 0. The summed E-state index contributed by atoms with van der Waals surface area (Å²) in [6.45, 7) is 0. The molecule has 0 fully saturated rings. The Kier molecular flexibility index (Phi) is 5.24. The fourth-order valence-corrected chi connectivity index (χ4v) is 0. The van der Waals surface area contributed by atoms with Crippen LogP contribution >= 0.6 is 0 Å². The molecule has 0 rings (SSSR count). The molecule has 0 heterocycles. The molecule has 0 aliphatic carbocycles. The van der Waals surface area contributed by atoms with Gasteiger partial charge in [0.1, 0.15) is 0 Å². The third-order valence-electron chi connectivity index (χ3n) is 0. The standard InChI is InChI=1S/CH2O3.Cr.2H2O.2O/c2-1(3)4;;;;;/h(H2,2,3,4);;2*1H2;;/q;+2;;;;/p-2. The molecule has 0 bridgehead atoms. The van der Waals surface area contributed by atoms with Gasteiger partial charge in [0.15, 0.2) is 0 Å². The maximum absolute atomic E-state index is 8.82. The minimum absolute atomic E-state index is 1.83. The summed E-state index contributed by atoms with van der Waals surface area (Å²) in [5.41, 5.74) is 0. The van der Waals surface area contributed by atoms with E-state index in [1.54, 1.807) is 0 Å². The fourth-order valence-electron chi connectivity index (χ4n) is 0. The Morgan fingerprint density at radius 1 is 1.11 bits per heavy atom. The van der Waals surface area contributed by atoms with Gasteiger partial charge in [0, 0.05) is 0 Å². The molecule has 0 radical (unpaired) electrons. The van der Waals surface area contributed by atoms with Crippen LogP contribution in [0.5, 0.6) is 0 Å². The van der Waals surface area contributed by atoms with E-state index in [0.717, 1.165) is 0 Å². The summed E-state index contributed by atoms with van der Waals surface area (Å²) in [6.07, 6.45) is -1.83. The number of hydrogen-bond donors (Lipinski definition) is 4. The molecule has 56 valence electrons. The SMILES string of the molecule is O=C(O)O.[O]=[Cr](=[O])([OH])[OH]. The second-order valence-electron chi connectivity index (χ2n) is 0.730. The van der Waals surface area contributed by atoms with Gasteiger partial charge in [0.2, 0.25) is 0 Å². The van der Waals surface area contributed by atoms with Crippen LogP contribution in [0.2, 0.25) is 0 Å². The Hall–Kier alpha value is -0.678. The van der Waals surface area contributed by atoms with Crippen LogP contribution in [0.1, 0.15) is 0 Å². The van der Waals surface area contributed by atoms with Crippen molar-refractivity contribution in [3.05, 3.63) is 0 Å². The van der Waals surface area contributed by atoms with Gasteiger partial charge in [-0.05, 0) is 0 Å². The van der Waals surface area contributed by atoms with Crippen molar-refractivity contribution < 1.29 is 44.5 Å². The molecule has 0 aliphatic rings. The Balaban J connectivity index is 0. The van der Waals surface area contributed by atoms with Crippen molar-refractivity contribution in [2.45, 2.75) is 0 Å². The third kappa shape index (κ3) is 452. The summed E-state index contributed by atoms with van der Waals surface area (Å²) < 4.78 is 31.9. The molecule has 0 atom stereocenters. The first-order valence-electron chi connectivity index (χ1n) is 1.35. The van der Waals surface area contributed by atoms with Crippen molar-refractivity contribution in [2.75, 3.05) is 0 Å². The Bertz CT molecular complexity index is 151. The molecular weight excluding hydrogens is 176 g/mol. The van der Waals surface area contributed by atoms with E-state index >= 15 is 0 Å². The van der Waals surface area contributed by atoms with Crippen LogP contribution in [0.15, 0.2) is 0 Å². The molecule has 0 amide bonds. The average molecular weight is 180 g/mol. The van der Waals surface area contributed by atoms with Gasteiger partial charge in [-0.2, -0.15) is 0 Å². The maximum atomic E-state index is 8.82. The van der Waals surface area contributed by atoms with Gasteiger partial charge in [-0.3, -0.25) is 0 Å². The van der Waals surface area contributed by atoms with E-state index in [0.29, 0.717) is 0 Å². The van der Waals surface area contributed by atoms with Crippen LogP contribution < -0.4 is 0 Å². The van der Waals surface area contributed by atoms with Gasteiger partial charge in [0.05, 0.1) is 0 Å². The minimum atomic E-state index is -5.25. The number of rotatable bonds is 0. The van der Waals surface area contributed by atoms with E-state index in [1.165, 1.54) is 0 Å². The first-order valence-corrected chi connectivity index (χ1v) is 3.53. The molecule has 9 heavy (non-hydrogen) atoms. The van der Waals surface area contributed by atoms with E-state index in [-0.39, 0.29) is 0 Å². The summed E-state index contributed by atoms with van der Waals surface area (Å²) in [5.74, 6) is 0. The van der Waals surface area contributed by atoms with Gasteiger partial charge in [0.25, 0.3) is 0 Å². The van der Waals surface area contributed by atoms with Crippen LogP contribution in [-0.2, 0) is 21.2 Å². The molecular formula is CH4CrO7. The van der Waals surface area contributed by atoms with Gasteiger partial charge < -0.3 is 10.2 Å². The number of hydrogen-bond acceptors (Lipinski definition) is 3. The molecule has 7 nitrogen and oxygen atoms in total.